The SMILES string of the molecule is CC(C)c1nc(COC(=O)N[C@H](C(=O)N[C@@H](Cc2ccccc2)[C@H](O)CN2CCC(OCc3cncs3)C[C@H]2C(=O)NC(C)(C)C)C(C)C)cs1. The van der Waals surface area contributed by atoms with Crippen molar-refractivity contribution in [3.63, 3.8) is 0 Å². The number of carbonyl (C=O) groups excluding carboxylic acids is 3. The first-order valence-electron chi connectivity index (χ1n) is 17.6. The fourth-order valence-corrected chi connectivity index (χ4v) is 7.21. The molecule has 5 atom stereocenters. The molecule has 3 amide bonds. The summed E-state index contributed by atoms with van der Waals surface area (Å²) in [5, 5.41) is 23.5. The summed E-state index contributed by atoms with van der Waals surface area (Å²) >= 11 is 3.04. The van der Waals surface area contributed by atoms with Gasteiger partial charge in [-0.05, 0) is 51.5 Å². The van der Waals surface area contributed by atoms with Gasteiger partial charge < -0.3 is 30.5 Å². The Morgan fingerprint density at radius 1 is 1.06 bits per heavy atom. The maximum absolute atomic E-state index is 13.8. The number of aromatic nitrogens is 2. The van der Waals surface area contributed by atoms with Gasteiger partial charge in [0.15, 0.2) is 0 Å². The first-order valence-corrected chi connectivity index (χ1v) is 19.4. The summed E-state index contributed by atoms with van der Waals surface area (Å²) in [6, 6.07) is 7.44. The highest BCUT2D eigenvalue weighted by Crippen LogP contribution is 2.24. The van der Waals surface area contributed by atoms with Crippen LogP contribution in [-0.4, -0.2) is 86.8 Å². The predicted octanol–water partition coefficient (Wildman–Crippen LogP) is 5.03. The third kappa shape index (κ3) is 12.9. The number of aliphatic hydroxyl groups is 1. The third-order valence-electron chi connectivity index (χ3n) is 8.56. The van der Waals surface area contributed by atoms with Crippen LogP contribution < -0.4 is 16.0 Å². The fourth-order valence-electron chi connectivity index (χ4n) is 5.88. The molecule has 2 aromatic heterocycles. The molecule has 51 heavy (non-hydrogen) atoms. The normalized spacial score (nSPS) is 18.6. The summed E-state index contributed by atoms with van der Waals surface area (Å²) in [7, 11) is 0. The van der Waals surface area contributed by atoms with E-state index in [1.54, 1.807) is 11.7 Å². The van der Waals surface area contributed by atoms with Gasteiger partial charge in [0.25, 0.3) is 0 Å². The second kappa shape index (κ2) is 18.9. The Balaban J connectivity index is 1.45. The third-order valence-corrected chi connectivity index (χ3v) is 10.5. The average Bonchev–Trinajstić information content (AvgIpc) is 3.78. The van der Waals surface area contributed by atoms with E-state index in [1.807, 2.05) is 75.2 Å². The number of hydrogen-bond acceptors (Lipinski definition) is 11. The van der Waals surface area contributed by atoms with E-state index in [-0.39, 0.29) is 37.0 Å². The van der Waals surface area contributed by atoms with Crippen molar-refractivity contribution in [3.05, 3.63) is 68.6 Å². The molecule has 1 aliphatic heterocycles. The maximum atomic E-state index is 13.8. The first-order chi connectivity index (χ1) is 24.2. The minimum Gasteiger partial charge on any atom is -0.443 e. The van der Waals surface area contributed by atoms with Crippen LogP contribution >= 0.6 is 22.7 Å². The molecule has 12 nitrogen and oxygen atoms in total. The molecule has 1 aromatic carbocycles. The summed E-state index contributed by atoms with van der Waals surface area (Å²) < 4.78 is 11.6. The van der Waals surface area contributed by atoms with Crippen LogP contribution in [0.25, 0.3) is 0 Å². The van der Waals surface area contributed by atoms with Gasteiger partial charge in [0.1, 0.15) is 12.6 Å². The molecule has 14 heteroatoms. The Morgan fingerprint density at radius 3 is 2.43 bits per heavy atom. The number of amides is 3. The second-order valence-electron chi connectivity index (χ2n) is 14.8. The molecule has 4 rings (SSSR count). The van der Waals surface area contributed by atoms with Gasteiger partial charge in [-0.2, -0.15) is 0 Å². The molecule has 0 aliphatic carbocycles. The smallest absolute Gasteiger partial charge is 0.408 e. The van der Waals surface area contributed by atoms with Crippen molar-refractivity contribution in [3.8, 4) is 0 Å². The van der Waals surface area contributed by atoms with E-state index >= 15 is 0 Å². The molecule has 0 radical (unpaired) electrons. The number of thiazole rings is 2. The second-order valence-corrected chi connectivity index (χ2v) is 16.7. The van der Waals surface area contributed by atoms with E-state index in [1.165, 1.54) is 22.7 Å². The predicted molar refractivity (Wildman–Crippen MR) is 199 cm³/mol. The largest absolute Gasteiger partial charge is 0.443 e. The molecule has 1 fully saturated rings. The average molecular weight is 743 g/mol. The van der Waals surface area contributed by atoms with Crippen molar-refractivity contribution < 1.29 is 29.0 Å². The lowest BCUT2D eigenvalue weighted by molar-refractivity contribution is -0.134. The highest BCUT2D eigenvalue weighted by molar-refractivity contribution is 7.09. The number of alkyl carbamates (subject to hydrolysis) is 1. The minimum atomic E-state index is -1.03. The molecule has 3 heterocycles. The van der Waals surface area contributed by atoms with Crippen molar-refractivity contribution in [1.82, 2.24) is 30.8 Å². The van der Waals surface area contributed by atoms with Crippen molar-refractivity contribution in [2.24, 2.45) is 5.92 Å². The standard InChI is InChI=1S/C37H54N6O6S2/c1-23(2)32(41-36(47)49-19-26-21-50-35(39-26)24(3)4)34(46)40-29(15-25-11-9-8-10-12-25)31(44)18-43-14-13-27(48-20-28-17-38-22-51-28)16-30(43)33(45)42-37(5,6)7/h8-12,17,21-24,27,29-32,44H,13-16,18-20H2,1-7H3,(H,40,46)(H,41,47)(H,42,45)/t27?,29-,30-,31+,32-/m0/s1. The summed E-state index contributed by atoms with van der Waals surface area (Å²) in [6.45, 7) is 14.7. The van der Waals surface area contributed by atoms with E-state index < -0.39 is 41.8 Å². The monoisotopic (exact) mass is 742 g/mol. The van der Waals surface area contributed by atoms with E-state index in [9.17, 15) is 19.5 Å². The van der Waals surface area contributed by atoms with E-state index in [0.717, 1.165) is 15.4 Å². The van der Waals surface area contributed by atoms with Crippen LogP contribution in [0.4, 0.5) is 4.79 Å². The van der Waals surface area contributed by atoms with Crippen molar-refractivity contribution in [2.45, 2.75) is 123 Å². The molecule has 0 saturated carbocycles. The molecule has 3 aromatic rings. The van der Waals surface area contributed by atoms with Gasteiger partial charge in [0.05, 0.1) is 52.0 Å². The minimum absolute atomic E-state index is 0.00619. The number of nitrogens with zero attached hydrogens (tertiary/aromatic N) is 3. The van der Waals surface area contributed by atoms with E-state index in [0.29, 0.717) is 38.1 Å². The van der Waals surface area contributed by atoms with Crippen LogP contribution in [0.5, 0.6) is 0 Å². The van der Waals surface area contributed by atoms with Gasteiger partial charge in [-0.1, -0.05) is 58.0 Å². The molecule has 1 aliphatic rings. The van der Waals surface area contributed by atoms with Gasteiger partial charge >= 0.3 is 6.09 Å². The van der Waals surface area contributed by atoms with E-state index in [2.05, 4.69) is 39.8 Å². The molecule has 0 bridgehead atoms. The Hall–Kier alpha value is -3.43. The summed E-state index contributed by atoms with van der Waals surface area (Å²) in [5.41, 5.74) is 2.90. The molecule has 1 saturated heterocycles. The van der Waals surface area contributed by atoms with Gasteiger partial charge in [0, 0.05) is 36.1 Å². The number of carbonyl (C=O) groups is 3. The number of nitrogens with one attached hydrogen (secondary N) is 3. The number of aliphatic hydroxyl groups excluding tert-OH is 1. The molecule has 0 spiro atoms. The Labute approximate surface area is 309 Å². The highest BCUT2D eigenvalue weighted by Gasteiger charge is 2.38. The molecule has 280 valence electrons. The van der Waals surface area contributed by atoms with Gasteiger partial charge in [-0.25, -0.2) is 9.78 Å². The van der Waals surface area contributed by atoms with E-state index in [4.69, 9.17) is 9.47 Å². The number of piperidine rings is 1. The molecular weight excluding hydrogens is 689 g/mol. The zero-order valence-corrected chi connectivity index (χ0v) is 32.4. The van der Waals surface area contributed by atoms with Crippen molar-refractivity contribution >= 4 is 40.6 Å². The summed E-state index contributed by atoms with van der Waals surface area (Å²) in [4.78, 5) is 51.9. The van der Waals surface area contributed by atoms with Crippen LogP contribution in [0.15, 0.2) is 47.4 Å². The first kappa shape index (κ1) is 40.3. The van der Waals surface area contributed by atoms with Gasteiger partial charge in [-0.3, -0.25) is 19.5 Å². The lowest BCUT2D eigenvalue weighted by Crippen LogP contribution is -2.60. The topological polar surface area (TPSA) is 155 Å². The van der Waals surface area contributed by atoms with Crippen LogP contribution in [0.3, 0.4) is 0 Å². The van der Waals surface area contributed by atoms with Gasteiger partial charge in [-0.15, -0.1) is 22.7 Å². The number of likely N-dealkylation sites (tertiary alicyclic amines) is 1. The van der Waals surface area contributed by atoms with Crippen LogP contribution in [-0.2, 0) is 38.7 Å². The number of hydrogen-bond donors (Lipinski definition) is 4. The van der Waals surface area contributed by atoms with Crippen LogP contribution in [0, 0.1) is 5.92 Å². The Bertz CT molecular complexity index is 1530. The van der Waals surface area contributed by atoms with Crippen LogP contribution in [0.1, 0.15) is 88.4 Å². The lowest BCUT2D eigenvalue weighted by atomic mass is 9.94. The fraction of sp³-hybridized carbons (Fsp3) is 0.595. The molecular formula is C37H54N6O6S2. The number of rotatable bonds is 16. The zero-order valence-electron chi connectivity index (χ0n) is 30.8. The highest BCUT2D eigenvalue weighted by atomic mass is 32.1. The quantitative estimate of drug-likeness (QED) is 0.158. The maximum Gasteiger partial charge on any atom is 0.408 e. The Kier molecular flexibility index (Phi) is 14.9. The summed E-state index contributed by atoms with van der Waals surface area (Å²) in [5.74, 6) is -0.564. The lowest BCUT2D eigenvalue weighted by Gasteiger charge is -2.41. The van der Waals surface area contributed by atoms with Gasteiger partial charge in [0.2, 0.25) is 11.8 Å². The van der Waals surface area contributed by atoms with Crippen molar-refractivity contribution in [1.29, 1.82) is 0 Å². The number of benzene rings is 1. The Morgan fingerprint density at radius 2 is 1.80 bits per heavy atom. The molecule has 1 unspecified atom stereocenters. The number of ether oxygens (including phenoxy) is 2. The number of β-amino-alcohol motifs (C(OH)–C–C–N with tert-alkyl or cyclic N) is 1. The molecule has 4 N–H and O–H groups in total. The van der Waals surface area contributed by atoms with Crippen molar-refractivity contribution in [2.75, 3.05) is 13.1 Å². The van der Waals surface area contributed by atoms with Crippen LogP contribution in [0.2, 0.25) is 0 Å². The summed E-state index contributed by atoms with van der Waals surface area (Å²) in [6.07, 6.45) is 1.38. The zero-order chi connectivity index (χ0) is 37.1.